The van der Waals surface area contributed by atoms with Crippen molar-refractivity contribution in [3.63, 3.8) is 0 Å². The Balaban J connectivity index is 1.56. The van der Waals surface area contributed by atoms with Gasteiger partial charge in [-0.1, -0.05) is 129 Å². The summed E-state index contributed by atoms with van der Waals surface area (Å²) in [7, 11) is 0. The monoisotopic (exact) mass is 481 g/mol. The van der Waals surface area contributed by atoms with E-state index in [2.05, 4.69) is 18.7 Å². The fourth-order valence-electron chi connectivity index (χ4n) is 5.88. The molecule has 0 aromatic heterocycles. The third-order valence-electron chi connectivity index (χ3n) is 8.16. The first kappa shape index (κ1) is 30.1. The molecule has 2 unspecified atom stereocenters. The van der Waals surface area contributed by atoms with Gasteiger partial charge in [-0.15, -0.1) is 0 Å². The van der Waals surface area contributed by atoms with Crippen molar-refractivity contribution in [1.82, 2.24) is 4.90 Å². The molecule has 202 valence electrons. The second-order valence-electron chi connectivity index (χ2n) is 11.3. The van der Waals surface area contributed by atoms with Gasteiger partial charge in [-0.25, -0.2) is 4.90 Å². The third kappa shape index (κ3) is 10.8. The number of nitrogens with zero attached hydrogens (tertiary/aromatic N) is 1. The number of aliphatic hydroxyl groups excluding tert-OH is 1. The summed E-state index contributed by atoms with van der Waals surface area (Å²) in [6.07, 6.45) is 29.7. The number of ether oxygens (including phenoxy) is 2. The Bertz CT molecular complexity index is 436. The first-order valence-corrected chi connectivity index (χ1v) is 15.4. The summed E-state index contributed by atoms with van der Waals surface area (Å²) in [5.74, 6) is 0. The zero-order valence-corrected chi connectivity index (χ0v) is 23.0. The molecule has 4 heteroatoms. The molecule has 4 nitrogen and oxygen atoms in total. The predicted octanol–water partition coefficient (Wildman–Crippen LogP) is 8.35. The number of unbranched alkanes of at least 4 members (excludes halogenated alkanes) is 18. The van der Waals surface area contributed by atoms with Gasteiger partial charge in [-0.2, -0.15) is 0 Å². The molecule has 0 bridgehead atoms. The molecule has 0 spiro atoms. The van der Waals surface area contributed by atoms with Gasteiger partial charge in [0.1, 0.15) is 12.5 Å². The minimum absolute atomic E-state index is 0.136. The largest absolute Gasteiger partial charge is 0.394 e. The van der Waals surface area contributed by atoms with Gasteiger partial charge in [0.2, 0.25) is 0 Å². The summed E-state index contributed by atoms with van der Waals surface area (Å²) in [5, 5.41) is 10.2. The standard InChI is InChI=1S/C30H59NO3/c1-3-5-7-9-11-13-15-17-19-21-23-28-31-29(34-27-30(31,25-32)26-33-28)24-22-20-18-16-14-12-10-8-6-4-2/h28-29,32H,3-27H2,1-2H3. The van der Waals surface area contributed by atoms with E-state index in [1.54, 1.807) is 0 Å². The lowest BCUT2D eigenvalue weighted by Crippen LogP contribution is -2.51. The predicted molar refractivity (Wildman–Crippen MR) is 144 cm³/mol. The highest BCUT2D eigenvalue weighted by Crippen LogP contribution is 2.39. The number of hydrogen-bond acceptors (Lipinski definition) is 4. The van der Waals surface area contributed by atoms with Crippen LogP contribution < -0.4 is 0 Å². The van der Waals surface area contributed by atoms with Crippen LogP contribution >= 0.6 is 0 Å². The van der Waals surface area contributed by atoms with Crippen LogP contribution in [0.3, 0.4) is 0 Å². The molecular weight excluding hydrogens is 422 g/mol. The third-order valence-corrected chi connectivity index (χ3v) is 8.16. The average Bonchev–Trinajstić information content (AvgIpc) is 3.40. The molecule has 2 heterocycles. The Labute approximate surface area is 212 Å². The lowest BCUT2D eigenvalue weighted by atomic mass is 10.0. The Morgan fingerprint density at radius 3 is 1.21 bits per heavy atom. The van der Waals surface area contributed by atoms with Crippen LogP contribution in [0.25, 0.3) is 0 Å². The number of aliphatic hydroxyl groups is 1. The SMILES string of the molecule is CCCCCCCCCCCCC1OCC2(CO)COC(CCCCCCCCCCCC)N12. The topological polar surface area (TPSA) is 41.9 Å². The van der Waals surface area contributed by atoms with Gasteiger partial charge < -0.3 is 14.6 Å². The lowest BCUT2D eigenvalue weighted by Gasteiger charge is -2.32. The fourth-order valence-corrected chi connectivity index (χ4v) is 5.88. The van der Waals surface area contributed by atoms with Gasteiger partial charge in [0.05, 0.1) is 25.4 Å². The molecule has 0 aromatic rings. The maximum atomic E-state index is 10.2. The maximum absolute atomic E-state index is 10.2. The summed E-state index contributed by atoms with van der Waals surface area (Å²) in [6, 6.07) is 0. The summed E-state index contributed by atoms with van der Waals surface area (Å²) in [6.45, 7) is 5.97. The zero-order chi connectivity index (χ0) is 24.3. The van der Waals surface area contributed by atoms with Crippen LogP contribution in [0.1, 0.15) is 155 Å². The van der Waals surface area contributed by atoms with Crippen LogP contribution in [0, 0.1) is 0 Å². The summed E-state index contributed by atoms with van der Waals surface area (Å²) >= 11 is 0. The Morgan fingerprint density at radius 2 is 0.882 bits per heavy atom. The molecular formula is C30H59NO3. The van der Waals surface area contributed by atoms with Crippen LogP contribution in [0.15, 0.2) is 0 Å². The van der Waals surface area contributed by atoms with E-state index in [1.165, 1.54) is 128 Å². The first-order valence-electron chi connectivity index (χ1n) is 15.4. The van der Waals surface area contributed by atoms with Crippen molar-refractivity contribution in [2.45, 2.75) is 173 Å². The number of fused-ring (bicyclic) bond motifs is 1. The Morgan fingerprint density at radius 1 is 0.559 bits per heavy atom. The Hall–Kier alpha value is -0.160. The normalized spacial score (nSPS) is 24.8. The van der Waals surface area contributed by atoms with E-state index >= 15 is 0 Å². The van der Waals surface area contributed by atoms with Crippen molar-refractivity contribution in [3.8, 4) is 0 Å². The van der Waals surface area contributed by atoms with Crippen LogP contribution in [-0.4, -0.2) is 47.8 Å². The van der Waals surface area contributed by atoms with Gasteiger partial charge in [-0.05, 0) is 25.7 Å². The molecule has 2 saturated heterocycles. The van der Waals surface area contributed by atoms with Gasteiger partial charge in [0, 0.05) is 0 Å². The number of hydrogen-bond donors (Lipinski definition) is 1. The van der Waals surface area contributed by atoms with E-state index in [1.807, 2.05) is 0 Å². The van der Waals surface area contributed by atoms with Crippen LogP contribution in [0.4, 0.5) is 0 Å². The molecule has 2 fully saturated rings. The summed E-state index contributed by atoms with van der Waals surface area (Å²) in [5.41, 5.74) is -0.285. The molecule has 2 rings (SSSR count). The molecule has 2 aliphatic rings. The zero-order valence-electron chi connectivity index (χ0n) is 23.0. The van der Waals surface area contributed by atoms with Crippen molar-refractivity contribution in [3.05, 3.63) is 0 Å². The summed E-state index contributed by atoms with van der Waals surface area (Å²) in [4.78, 5) is 2.43. The second kappa shape index (κ2) is 19.0. The molecule has 0 amide bonds. The van der Waals surface area contributed by atoms with Crippen molar-refractivity contribution in [2.24, 2.45) is 0 Å². The lowest BCUT2D eigenvalue weighted by molar-refractivity contribution is -0.0666. The van der Waals surface area contributed by atoms with Crippen LogP contribution in [-0.2, 0) is 9.47 Å². The quantitative estimate of drug-likeness (QED) is 0.149. The van der Waals surface area contributed by atoms with E-state index < -0.39 is 0 Å². The molecule has 34 heavy (non-hydrogen) atoms. The molecule has 0 saturated carbocycles. The van der Waals surface area contributed by atoms with E-state index in [9.17, 15) is 5.11 Å². The molecule has 2 atom stereocenters. The van der Waals surface area contributed by atoms with E-state index in [0.29, 0.717) is 13.2 Å². The van der Waals surface area contributed by atoms with Gasteiger partial charge in [0.25, 0.3) is 0 Å². The highest BCUT2D eigenvalue weighted by atomic mass is 16.6. The van der Waals surface area contributed by atoms with E-state index in [0.717, 1.165) is 12.8 Å². The van der Waals surface area contributed by atoms with Crippen LogP contribution in [0.5, 0.6) is 0 Å². The van der Waals surface area contributed by atoms with E-state index in [4.69, 9.17) is 9.47 Å². The van der Waals surface area contributed by atoms with Crippen molar-refractivity contribution < 1.29 is 14.6 Å². The molecule has 0 aliphatic carbocycles. The Kier molecular flexibility index (Phi) is 16.8. The smallest absolute Gasteiger partial charge is 0.113 e. The number of rotatable bonds is 23. The molecule has 2 aliphatic heterocycles. The highest BCUT2D eigenvalue weighted by Gasteiger charge is 2.55. The second-order valence-corrected chi connectivity index (χ2v) is 11.3. The maximum Gasteiger partial charge on any atom is 0.113 e. The van der Waals surface area contributed by atoms with Gasteiger partial charge >= 0.3 is 0 Å². The minimum Gasteiger partial charge on any atom is -0.394 e. The fraction of sp³-hybridized carbons (Fsp3) is 1.00. The first-order chi connectivity index (χ1) is 16.8. The van der Waals surface area contributed by atoms with E-state index in [-0.39, 0.29) is 24.6 Å². The van der Waals surface area contributed by atoms with Gasteiger partial charge in [-0.3, -0.25) is 0 Å². The molecule has 0 radical (unpaired) electrons. The van der Waals surface area contributed by atoms with Crippen molar-refractivity contribution in [1.29, 1.82) is 0 Å². The highest BCUT2D eigenvalue weighted by molar-refractivity contribution is 5.01. The minimum atomic E-state index is -0.285. The van der Waals surface area contributed by atoms with Gasteiger partial charge in [0.15, 0.2) is 0 Å². The van der Waals surface area contributed by atoms with Crippen molar-refractivity contribution >= 4 is 0 Å². The van der Waals surface area contributed by atoms with Crippen LogP contribution in [0.2, 0.25) is 0 Å². The van der Waals surface area contributed by atoms with Crippen molar-refractivity contribution in [2.75, 3.05) is 19.8 Å². The summed E-state index contributed by atoms with van der Waals surface area (Å²) < 4.78 is 12.4. The molecule has 0 aromatic carbocycles. The average molecular weight is 482 g/mol. The molecule has 1 N–H and O–H groups in total.